The van der Waals surface area contributed by atoms with Crippen LogP contribution in [0.2, 0.25) is 0 Å². The Morgan fingerprint density at radius 3 is 2.58 bits per heavy atom. The summed E-state index contributed by atoms with van der Waals surface area (Å²) in [5, 5.41) is 14.8. The normalized spacial score (nSPS) is 24.1. The predicted octanol–water partition coefficient (Wildman–Crippen LogP) is 1.14. The van der Waals surface area contributed by atoms with Crippen LogP contribution in [0, 0.1) is 18.8 Å². The molecule has 3 amide bonds. The summed E-state index contributed by atoms with van der Waals surface area (Å²) in [5.41, 5.74) is 2.08. The van der Waals surface area contributed by atoms with E-state index in [9.17, 15) is 14.4 Å². The summed E-state index contributed by atoms with van der Waals surface area (Å²) >= 11 is 0. The molecule has 0 aliphatic carbocycles. The van der Waals surface area contributed by atoms with E-state index in [1.165, 1.54) is 0 Å². The molecule has 174 valence electrons. The van der Waals surface area contributed by atoms with Crippen LogP contribution >= 0.6 is 0 Å². The Morgan fingerprint density at radius 1 is 1.03 bits per heavy atom. The minimum atomic E-state index is -0.839. The molecule has 4 rings (SSSR count). The number of fused-ring (bicyclic) bond motifs is 1. The zero-order valence-corrected chi connectivity index (χ0v) is 18.6. The third-order valence-corrected chi connectivity index (χ3v) is 5.90. The predicted molar refractivity (Wildman–Crippen MR) is 122 cm³/mol. The fraction of sp³-hybridized carbons (Fsp3) is 0.348. The monoisotopic (exact) mass is 453 g/mol. The van der Waals surface area contributed by atoms with Gasteiger partial charge in [-0.05, 0) is 30.7 Å². The molecule has 2 heterocycles. The molecule has 2 aliphatic rings. The van der Waals surface area contributed by atoms with Crippen LogP contribution in [0.3, 0.4) is 0 Å². The number of carbonyl (C=O) groups is 3. The van der Waals surface area contributed by atoms with Crippen molar-refractivity contribution in [3.63, 3.8) is 0 Å². The largest absolute Gasteiger partial charge is 0.497 e. The van der Waals surface area contributed by atoms with Crippen molar-refractivity contribution in [2.24, 2.45) is 11.8 Å². The Balaban J connectivity index is 1.51. The van der Waals surface area contributed by atoms with Gasteiger partial charge >= 0.3 is 0 Å². The molecule has 4 unspecified atom stereocenters. The highest BCUT2D eigenvalue weighted by atomic mass is 16.5. The second-order valence-corrected chi connectivity index (χ2v) is 8.00. The molecule has 2 saturated heterocycles. The van der Waals surface area contributed by atoms with Crippen LogP contribution in [0.25, 0.3) is 0 Å². The molecular formula is C23H27N5O5. The topological polar surface area (TPSA) is 130 Å². The number of nitrogens with one attached hydrogen (secondary N) is 5. The quantitative estimate of drug-likeness (QED) is 0.444. The number of para-hydroxylation sites is 2. The number of methoxy groups -OCH3 is 2. The van der Waals surface area contributed by atoms with Gasteiger partial charge in [-0.2, -0.15) is 0 Å². The second-order valence-electron chi connectivity index (χ2n) is 8.00. The average molecular weight is 453 g/mol. The van der Waals surface area contributed by atoms with Gasteiger partial charge in [0.25, 0.3) is 0 Å². The number of hydrogen-bond acceptors (Lipinski definition) is 7. The maximum Gasteiger partial charge on any atom is 0.229 e. The lowest BCUT2D eigenvalue weighted by Crippen LogP contribution is -2.72. The Hall–Kier alpha value is -3.79. The van der Waals surface area contributed by atoms with Crippen LogP contribution in [-0.4, -0.2) is 44.4 Å². The first-order chi connectivity index (χ1) is 15.9. The summed E-state index contributed by atoms with van der Waals surface area (Å²) in [5.74, 6) is -1.46. The highest BCUT2D eigenvalue weighted by Gasteiger charge is 2.48. The van der Waals surface area contributed by atoms with Gasteiger partial charge in [0, 0.05) is 18.2 Å². The van der Waals surface area contributed by atoms with Crippen LogP contribution in [0.1, 0.15) is 12.0 Å². The number of amides is 3. The summed E-state index contributed by atoms with van der Waals surface area (Å²) < 4.78 is 10.6. The fourth-order valence-electron chi connectivity index (χ4n) is 4.16. The smallest absolute Gasteiger partial charge is 0.229 e. The zero-order chi connectivity index (χ0) is 23.5. The van der Waals surface area contributed by atoms with Gasteiger partial charge in [-0.3, -0.25) is 19.7 Å². The van der Waals surface area contributed by atoms with Crippen molar-refractivity contribution in [3.8, 4) is 11.5 Å². The highest BCUT2D eigenvalue weighted by molar-refractivity contribution is 6.00. The minimum Gasteiger partial charge on any atom is -0.497 e. The number of rotatable bonds is 6. The molecule has 33 heavy (non-hydrogen) atoms. The van der Waals surface area contributed by atoms with Crippen molar-refractivity contribution in [2.45, 2.75) is 25.8 Å². The van der Waals surface area contributed by atoms with Crippen molar-refractivity contribution >= 4 is 29.1 Å². The first kappa shape index (κ1) is 22.4. The van der Waals surface area contributed by atoms with E-state index in [0.29, 0.717) is 22.9 Å². The third-order valence-electron chi connectivity index (χ3n) is 5.90. The summed E-state index contributed by atoms with van der Waals surface area (Å²) in [6.07, 6.45) is -1.47. The number of ether oxygens (including phenoxy) is 2. The summed E-state index contributed by atoms with van der Waals surface area (Å²) in [7, 11) is 3.10. The number of anilines is 2. The van der Waals surface area contributed by atoms with Gasteiger partial charge in [0.15, 0.2) is 6.29 Å². The SMILES string of the molecule is COc1ccc(C)c(NC(=O)C2CC(=O)NC3NC(Nc4ccccc4OC)NC(=O)C32)c1. The number of carbonyl (C=O) groups excluding carboxylic acids is 3. The van der Waals surface area contributed by atoms with Crippen LogP contribution in [-0.2, 0) is 14.4 Å². The maximum atomic E-state index is 13.1. The molecule has 0 radical (unpaired) electrons. The van der Waals surface area contributed by atoms with Gasteiger partial charge in [-0.15, -0.1) is 0 Å². The summed E-state index contributed by atoms with van der Waals surface area (Å²) in [6, 6.07) is 12.6. The van der Waals surface area contributed by atoms with Crippen molar-refractivity contribution < 1.29 is 23.9 Å². The van der Waals surface area contributed by atoms with Crippen molar-refractivity contribution in [2.75, 3.05) is 24.9 Å². The van der Waals surface area contributed by atoms with Crippen molar-refractivity contribution in [1.29, 1.82) is 0 Å². The molecule has 2 fully saturated rings. The molecule has 4 atom stereocenters. The number of hydrogen-bond donors (Lipinski definition) is 5. The van der Waals surface area contributed by atoms with E-state index in [-0.39, 0.29) is 18.2 Å². The molecule has 2 aliphatic heterocycles. The van der Waals surface area contributed by atoms with E-state index in [2.05, 4.69) is 26.6 Å². The molecule has 0 bridgehead atoms. The Bertz CT molecular complexity index is 1070. The molecule has 5 N–H and O–H groups in total. The second kappa shape index (κ2) is 9.37. The molecule has 0 spiro atoms. The van der Waals surface area contributed by atoms with E-state index in [0.717, 1.165) is 5.56 Å². The number of aryl methyl sites for hydroxylation is 1. The lowest BCUT2D eigenvalue weighted by atomic mass is 9.81. The molecule has 0 aromatic heterocycles. The van der Waals surface area contributed by atoms with Gasteiger partial charge in [-0.1, -0.05) is 18.2 Å². The van der Waals surface area contributed by atoms with Gasteiger partial charge < -0.3 is 30.7 Å². The lowest BCUT2D eigenvalue weighted by molar-refractivity contribution is -0.144. The van der Waals surface area contributed by atoms with E-state index >= 15 is 0 Å². The first-order valence-electron chi connectivity index (χ1n) is 10.6. The van der Waals surface area contributed by atoms with Gasteiger partial charge in [-0.25, -0.2) is 0 Å². The lowest BCUT2D eigenvalue weighted by Gasteiger charge is -2.43. The fourth-order valence-corrected chi connectivity index (χ4v) is 4.16. The van der Waals surface area contributed by atoms with Crippen LogP contribution < -0.4 is 36.1 Å². The molecule has 10 nitrogen and oxygen atoms in total. The van der Waals surface area contributed by atoms with Crippen LogP contribution in [0.5, 0.6) is 11.5 Å². The van der Waals surface area contributed by atoms with Crippen LogP contribution in [0.4, 0.5) is 11.4 Å². The Labute approximate surface area is 191 Å². The Kier molecular flexibility index (Phi) is 6.36. The van der Waals surface area contributed by atoms with Crippen LogP contribution in [0.15, 0.2) is 42.5 Å². The Morgan fingerprint density at radius 2 is 1.82 bits per heavy atom. The van der Waals surface area contributed by atoms with E-state index in [1.807, 2.05) is 31.2 Å². The number of piperidine rings is 1. The third kappa shape index (κ3) is 4.70. The van der Waals surface area contributed by atoms with E-state index in [1.54, 1.807) is 32.4 Å². The highest BCUT2D eigenvalue weighted by Crippen LogP contribution is 2.30. The standard InChI is InChI=1S/C23H27N5O5/c1-12-8-9-13(32-2)10-16(12)24-21(30)14-11-18(29)26-20-19(14)22(31)28-23(27-20)25-15-6-4-5-7-17(15)33-3/h4-10,14,19-20,23,25,27H,11H2,1-3H3,(H,24,30)(H,26,29)(H,28,31). The van der Waals surface area contributed by atoms with Gasteiger partial charge in [0.2, 0.25) is 17.7 Å². The van der Waals surface area contributed by atoms with E-state index in [4.69, 9.17) is 9.47 Å². The molecule has 2 aromatic carbocycles. The summed E-state index contributed by atoms with van der Waals surface area (Å²) in [6.45, 7) is 1.86. The number of benzene rings is 2. The van der Waals surface area contributed by atoms with Gasteiger partial charge in [0.05, 0.1) is 37.9 Å². The molecule has 0 saturated carbocycles. The molecule has 10 heteroatoms. The van der Waals surface area contributed by atoms with Crippen molar-refractivity contribution in [1.82, 2.24) is 16.0 Å². The van der Waals surface area contributed by atoms with Gasteiger partial charge in [0.1, 0.15) is 11.5 Å². The average Bonchev–Trinajstić information content (AvgIpc) is 2.80. The van der Waals surface area contributed by atoms with E-state index < -0.39 is 30.2 Å². The molecular weight excluding hydrogens is 426 g/mol. The van der Waals surface area contributed by atoms with Crippen molar-refractivity contribution in [3.05, 3.63) is 48.0 Å². The minimum absolute atomic E-state index is 0.0876. The maximum absolute atomic E-state index is 13.1. The summed E-state index contributed by atoms with van der Waals surface area (Å²) in [4.78, 5) is 38.6. The first-order valence-corrected chi connectivity index (χ1v) is 10.6. The molecule has 2 aromatic rings. The zero-order valence-electron chi connectivity index (χ0n) is 18.6.